The molecule has 2 aliphatic heterocycles. The normalized spacial score (nSPS) is 20.0. The van der Waals surface area contributed by atoms with Gasteiger partial charge in [-0.15, -0.1) is 0 Å². The number of hydrogen-bond acceptors (Lipinski definition) is 3. The van der Waals surface area contributed by atoms with Gasteiger partial charge >= 0.3 is 0 Å². The van der Waals surface area contributed by atoms with Gasteiger partial charge in [-0.1, -0.05) is 12.1 Å². The molecule has 0 saturated carbocycles. The van der Waals surface area contributed by atoms with Crippen LogP contribution in [0.25, 0.3) is 6.08 Å². The number of carbonyl (C=O) groups is 1. The first kappa shape index (κ1) is 14.1. The number of likely N-dealkylation sites (tertiary alicyclic amines) is 1. The Bertz CT molecular complexity index is 733. The van der Waals surface area contributed by atoms with Crippen molar-refractivity contribution >= 4 is 12.0 Å². The summed E-state index contributed by atoms with van der Waals surface area (Å²) in [6.07, 6.45) is 6.93. The van der Waals surface area contributed by atoms with Gasteiger partial charge in [0.1, 0.15) is 11.5 Å². The molecule has 0 N–H and O–H groups in total. The molecule has 0 spiro atoms. The Morgan fingerprint density at radius 3 is 3.13 bits per heavy atom. The fourth-order valence-corrected chi connectivity index (χ4v) is 3.34. The van der Waals surface area contributed by atoms with E-state index in [1.165, 1.54) is 11.1 Å². The number of benzene rings is 1. The van der Waals surface area contributed by atoms with Crippen LogP contribution in [0.1, 0.15) is 29.2 Å². The maximum absolute atomic E-state index is 12.3. The molecular formula is C19H19NO3. The fourth-order valence-electron chi connectivity index (χ4n) is 3.34. The lowest BCUT2D eigenvalue weighted by atomic mass is 9.96. The summed E-state index contributed by atoms with van der Waals surface area (Å²) in [5.74, 6) is 2.18. The maximum Gasteiger partial charge on any atom is 0.246 e. The minimum Gasteiger partial charge on any atom is -0.493 e. The van der Waals surface area contributed by atoms with E-state index in [9.17, 15) is 4.79 Å². The van der Waals surface area contributed by atoms with Gasteiger partial charge in [0.05, 0.1) is 12.9 Å². The van der Waals surface area contributed by atoms with Gasteiger partial charge in [-0.3, -0.25) is 4.79 Å². The smallest absolute Gasteiger partial charge is 0.246 e. The van der Waals surface area contributed by atoms with Crippen LogP contribution in [0.5, 0.6) is 5.75 Å². The molecule has 2 aliphatic rings. The number of furan rings is 1. The Hall–Kier alpha value is -2.49. The van der Waals surface area contributed by atoms with E-state index in [1.54, 1.807) is 18.4 Å². The van der Waals surface area contributed by atoms with Gasteiger partial charge in [0, 0.05) is 31.5 Å². The lowest BCUT2D eigenvalue weighted by Gasteiger charge is -2.15. The Kier molecular flexibility index (Phi) is 3.66. The monoisotopic (exact) mass is 309 g/mol. The molecule has 4 rings (SSSR count). The first-order valence-electron chi connectivity index (χ1n) is 8.06. The first-order chi connectivity index (χ1) is 11.3. The van der Waals surface area contributed by atoms with Crippen LogP contribution >= 0.6 is 0 Å². The van der Waals surface area contributed by atoms with Crippen LogP contribution in [-0.4, -0.2) is 30.5 Å². The van der Waals surface area contributed by atoms with Crippen LogP contribution in [-0.2, 0) is 11.2 Å². The molecule has 2 aromatic rings. The van der Waals surface area contributed by atoms with Gasteiger partial charge in [0.15, 0.2) is 0 Å². The van der Waals surface area contributed by atoms with Crippen LogP contribution in [0.15, 0.2) is 47.1 Å². The highest BCUT2D eigenvalue weighted by Crippen LogP contribution is 2.33. The van der Waals surface area contributed by atoms with Crippen molar-refractivity contribution < 1.29 is 13.9 Å². The van der Waals surface area contributed by atoms with Crippen molar-refractivity contribution in [1.29, 1.82) is 0 Å². The van der Waals surface area contributed by atoms with Crippen molar-refractivity contribution in [3.05, 3.63) is 59.6 Å². The topological polar surface area (TPSA) is 42.7 Å². The van der Waals surface area contributed by atoms with E-state index >= 15 is 0 Å². The highest BCUT2D eigenvalue weighted by Gasteiger charge is 2.27. The molecule has 1 saturated heterocycles. The number of amides is 1. The minimum atomic E-state index is 0.0494. The summed E-state index contributed by atoms with van der Waals surface area (Å²) in [6.45, 7) is 2.37. The highest BCUT2D eigenvalue weighted by atomic mass is 16.5. The standard InChI is InChI=1S/C19H19NO3/c21-19(6-4-17-2-1-10-22-17)20-9-7-16(13-20)14-3-5-18-15(12-14)8-11-23-18/h1-6,10,12,16H,7-9,11,13H2. The van der Waals surface area contributed by atoms with Crippen molar-refractivity contribution in [2.45, 2.75) is 18.8 Å². The molecule has 4 heteroatoms. The maximum atomic E-state index is 12.3. The molecule has 3 heterocycles. The van der Waals surface area contributed by atoms with Crippen LogP contribution in [0.3, 0.4) is 0 Å². The number of rotatable bonds is 3. The average molecular weight is 309 g/mol. The Morgan fingerprint density at radius 2 is 2.26 bits per heavy atom. The minimum absolute atomic E-state index is 0.0494. The summed E-state index contributed by atoms with van der Waals surface area (Å²) >= 11 is 0. The van der Waals surface area contributed by atoms with Crippen molar-refractivity contribution in [3.8, 4) is 5.75 Å². The molecule has 4 nitrogen and oxygen atoms in total. The zero-order valence-corrected chi connectivity index (χ0v) is 12.9. The number of nitrogens with zero attached hydrogens (tertiary/aromatic N) is 1. The molecule has 1 atom stereocenters. The number of ether oxygens (including phenoxy) is 1. The molecule has 23 heavy (non-hydrogen) atoms. The van der Waals surface area contributed by atoms with E-state index in [2.05, 4.69) is 18.2 Å². The summed E-state index contributed by atoms with van der Waals surface area (Å²) in [4.78, 5) is 14.2. The fraction of sp³-hybridized carbons (Fsp3) is 0.316. The van der Waals surface area contributed by atoms with E-state index in [0.717, 1.165) is 38.3 Å². The second-order valence-corrected chi connectivity index (χ2v) is 6.08. The van der Waals surface area contributed by atoms with Crippen LogP contribution < -0.4 is 4.74 Å². The van der Waals surface area contributed by atoms with Crippen molar-refractivity contribution in [3.63, 3.8) is 0 Å². The lowest BCUT2D eigenvalue weighted by Crippen LogP contribution is -2.26. The molecule has 0 aliphatic carbocycles. The van der Waals surface area contributed by atoms with Crippen LogP contribution in [0, 0.1) is 0 Å². The van der Waals surface area contributed by atoms with E-state index in [0.29, 0.717) is 11.7 Å². The van der Waals surface area contributed by atoms with E-state index in [1.807, 2.05) is 17.0 Å². The predicted molar refractivity (Wildman–Crippen MR) is 87.3 cm³/mol. The Morgan fingerprint density at radius 1 is 1.30 bits per heavy atom. The van der Waals surface area contributed by atoms with Gasteiger partial charge < -0.3 is 14.1 Å². The van der Waals surface area contributed by atoms with Crippen LogP contribution in [0.4, 0.5) is 0 Å². The summed E-state index contributed by atoms with van der Waals surface area (Å²) in [5.41, 5.74) is 2.62. The molecule has 1 unspecified atom stereocenters. The molecule has 1 aromatic carbocycles. The van der Waals surface area contributed by atoms with E-state index < -0.39 is 0 Å². The third-order valence-electron chi connectivity index (χ3n) is 4.62. The Labute approximate surface area is 135 Å². The van der Waals surface area contributed by atoms with E-state index in [4.69, 9.17) is 9.15 Å². The number of carbonyl (C=O) groups excluding carboxylic acids is 1. The van der Waals surface area contributed by atoms with Crippen LogP contribution in [0.2, 0.25) is 0 Å². The molecule has 118 valence electrons. The highest BCUT2D eigenvalue weighted by molar-refractivity contribution is 5.91. The third-order valence-corrected chi connectivity index (χ3v) is 4.62. The summed E-state index contributed by atoms with van der Waals surface area (Å²) < 4.78 is 10.8. The van der Waals surface area contributed by atoms with Gasteiger partial charge in [0.2, 0.25) is 5.91 Å². The van der Waals surface area contributed by atoms with Crippen molar-refractivity contribution in [2.24, 2.45) is 0 Å². The van der Waals surface area contributed by atoms with Gasteiger partial charge in [-0.25, -0.2) is 0 Å². The summed E-state index contributed by atoms with van der Waals surface area (Å²) in [5, 5.41) is 0. The molecule has 1 fully saturated rings. The zero-order valence-electron chi connectivity index (χ0n) is 12.9. The van der Waals surface area contributed by atoms with Crippen molar-refractivity contribution in [1.82, 2.24) is 4.90 Å². The number of fused-ring (bicyclic) bond motifs is 1. The second kappa shape index (κ2) is 5.95. The quantitative estimate of drug-likeness (QED) is 0.817. The SMILES string of the molecule is O=C(C=Cc1ccco1)N1CCC(c2ccc3c(c2)CCO3)C1. The van der Waals surface area contributed by atoms with Crippen molar-refractivity contribution in [2.75, 3.05) is 19.7 Å². The summed E-state index contributed by atoms with van der Waals surface area (Å²) in [7, 11) is 0. The second-order valence-electron chi connectivity index (χ2n) is 6.08. The molecule has 0 radical (unpaired) electrons. The summed E-state index contributed by atoms with van der Waals surface area (Å²) in [6, 6.07) is 10.1. The largest absolute Gasteiger partial charge is 0.493 e. The van der Waals surface area contributed by atoms with Gasteiger partial charge in [-0.05, 0) is 41.8 Å². The molecule has 1 amide bonds. The van der Waals surface area contributed by atoms with E-state index in [-0.39, 0.29) is 5.91 Å². The average Bonchev–Trinajstić information content (AvgIpc) is 3.32. The van der Waals surface area contributed by atoms with Gasteiger partial charge in [-0.2, -0.15) is 0 Å². The molecule has 0 bridgehead atoms. The number of hydrogen-bond donors (Lipinski definition) is 0. The molecule has 1 aromatic heterocycles. The zero-order chi connectivity index (χ0) is 15.6. The predicted octanol–water partition coefficient (Wildman–Crippen LogP) is 3.24. The third kappa shape index (κ3) is 2.89. The molecular weight excluding hydrogens is 290 g/mol. The Balaban J connectivity index is 1.41. The lowest BCUT2D eigenvalue weighted by molar-refractivity contribution is -0.124. The first-order valence-corrected chi connectivity index (χ1v) is 8.06. The van der Waals surface area contributed by atoms with Gasteiger partial charge in [0.25, 0.3) is 0 Å².